The second-order valence-corrected chi connectivity index (χ2v) is 10.5. The molecule has 0 spiro atoms. The first-order chi connectivity index (χ1) is 15.2. The molecule has 1 aromatic carbocycles. The number of esters is 1. The van der Waals surface area contributed by atoms with Gasteiger partial charge in [0.2, 0.25) is 0 Å². The number of hydrogen-bond acceptors (Lipinski definition) is 5. The minimum atomic E-state index is -0.627. The Balaban J connectivity index is 1.65. The van der Waals surface area contributed by atoms with Crippen LogP contribution >= 0.6 is 0 Å². The Kier molecular flexibility index (Phi) is 6.34. The Hall–Kier alpha value is -1.98. The molecule has 2 saturated heterocycles. The smallest absolute Gasteiger partial charge is 0.332 e. The number of hydrogen-bond donors (Lipinski definition) is 1. The topological polar surface area (TPSA) is 72.8 Å². The summed E-state index contributed by atoms with van der Waals surface area (Å²) in [6.07, 6.45) is 6.29. The summed E-state index contributed by atoms with van der Waals surface area (Å²) in [4.78, 5) is 25.2. The summed E-state index contributed by atoms with van der Waals surface area (Å²) in [7, 11) is 0. The molecular weight excluding hydrogens is 404 g/mol. The summed E-state index contributed by atoms with van der Waals surface area (Å²) in [5.41, 5.74) is -0.0920. The van der Waals surface area contributed by atoms with E-state index in [2.05, 4.69) is 27.7 Å². The number of carbonyl (C=O) groups excluding carboxylic acids is 2. The monoisotopic (exact) mass is 440 g/mol. The van der Waals surface area contributed by atoms with E-state index in [1.807, 2.05) is 36.4 Å². The second-order valence-electron chi connectivity index (χ2n) is 10.5. The zero-order valence-corrected chi connectivity index (χ0v) is 19.6. The Labute approximate surface area is 191 Å². The van der Waals surface area contributed by atoms with E-state index in [-0.39, 0.29) is 23.5 Å². The number of ketones is 1. The van der Waals surface area contributed by atoms with Crippen molar-refractivity contribution >= 4 is 17.8 Å². The van der Waals surface area contributed by atoms with E-state index in [1.165, 1.54) is 0 Å². The number of allylic oxidation sites excluding steroid dienone is 1. The van der Waals surface area contributed by atoms with Gasteiger partial charge in [-0.3, -0.25) is 4.79 Å². The minimum absolute atomic E-state index is 0.0730. The van der Waals surface area contributed by atoms with Gasteiger partial charge in [0.05, 0.1) is 5.60 Å². The van der Waals surface area contributed by atoms with Crippen molar-refractivity contribution in [1.82, 2.24) is 0 Å². The van der Waals surface area contributed by atoms with E-state index >= 15 is 0 Å². The van der Waals surface area contributed by atoms with Crippen LogP contribution in [0.2, 0.25) is 0 Å². The Morgan fingerprint density at radius 3 is 2.62 bits per heavy atom. The van der Waals surface area contributed by atoms with Crippen LogP contribution in [-0.4, -0.2) is 40.8 Å². The molecule has 5 nitrogen and oxygen atoms in total. The molecule has 2 bridgehead atoms. The molecule has 0 amide bonds. The first-order valence-electron chi connectivity index (χ1n) is 12.0. The highest BCUT2D eigenvalue weighted by molar-refractivity contribution is 5.93. The normalized spacial score (nSPS) is 38.2. The molecule has 0 radical (unpaired) electrons. The Bertz CT molecular complexity index is 877. The lowest BCUT2D eigenvalue weighted by atomic mass is 9.62. The van der Waals surface area contributed by atoms with Crippen LogP contribution in [0, 0.1) is 29.6 Å². The molecule has 1 aliphatic carbocycles. The quantitative estimate of drug-likeness (QED) is 0.502. The van der Waals surface area contributed by atoms with E-state index in [4.69, 9.17) is 9.47 Å². The van der Waals surface area contributed by atoms with Crippen molar-refractivity contribution in [2.24, 2.45) is 29.6 Å². The molecule has 3 aliphatic rings. The van der Waals surface area contributed by atoms with E-state index < -0.39 is 29.9 Å². The van der Waals surface area contributed by atoms with E-state index in [9.17, 15) is 14.7 Å². The SMILES string of the molecule is CC(C)[C@@]12C[C@@H](OC(=O)CO)[C@@](C)(O1)[C@@H]1CC[C@@H](C)[C@H]1[C@@H]2CC(=O)/C=C/c1ccccc1. The minimum Gasteiger partial charge on any atom is -0.457 e. The maximum atomic E-state index is 13.1. The molecule has 1 aromatic rings. The highest BCUT2D eigenvalue weighted by Gasteiger charge is 2.70. The van der Waals surface area contributed by atoms with Crippen molar-refractivity contribution in [3.8, 4) is 0 Å². The number of carbonyl (C=O) groups is 2. The molecule has 4 rings (SSSR count). The number of rotatable bonds is 7. The molecule has 174 valence electrons. The highest BCUT2D eigenvalue weighted by atomic mass is 16.6. The summed E-state index contributed by atoms with van der Waals surface area (Å²) >= 11 is 0. The van der Waals surface area contributed by atoms with Crippen LogP contribution in [0.3, 0.4) is 0 Å². The Morgan fingerprint density at radius 1 is 1.25 bits per heavy atom. The average molecular weight is 441 g/mol. The lowest BCUT2D eigenvalue weighted by Crippen LogP contribution is -2.58. The van der Waals surface area contributed by atoms with Crippen molar-refractivity contribution in [3.05, 3.63) is 42.0 Å². The maximum Gasteiger partial charge on any atom is 0.332 e. The van der Waals surface area contributed by atoms with Gasteiger partial charge in [0, 0.05) is 12.8 Å². The van der Waals surface area contributed by atoms with E-state index in [0.717, 1.165) is 18.4 Å². The van der Waals surface area contributed by atoms with Gasteiger partial charge >= 0.3 is 5.97 Å². The van der Waals surface area contributed by atoms with Crippen LogP contribution in [0.1, 0.15) is 58.9 Å². The van der Waals surface area contributed by atoms with Gasteiger partial charge in [-0.05, 0) is 54.6 Å². The van der Waals surface area contributed by atoms with Gasteiger partial charge in [-0.1, -0.05) is 63.6 Å². The van der Waals surface area contributed by atoms with Gasteiger partial charge < -0.3 is 14.6 Å². The van der Waals surface area contributed by atoms with Gasteiger partial charge in [-0.2, -0.15) is 0 Å². The predicted octanol–water partition coefficient (Wildman–Crippen LogP) is 4.43. The third kappa shape index (κ3) is 3.84. The summed E-state index contributed by atoms with van der Waals surface area (Å²) in [5, 5.41) is 9.28. The zero-order valence-electron chi connectivity index (χ0n) is 19.6. The molecular formula is C27H36O5. The molecule has 3 fully saturated rings. The second kappa shape index (κ2) is 8.75. The summed E-state index contributed by atoms with van der Waals surface area (Å²) in [6, 6.07) is 9.86. The van der Waals surface area contributed by atoms with Gasteiger partial charge in [0.1, 0.15) is 18.3 Å². The van der Waals surface area contributed by atoms with Gasteiger partial charge in [-0.15, -0.1) is 0 Å². The molecule has 7 atom stereocenters. The van der Waals surface area contributed by atoms with Gasteiger partial charge in [0.25, 0.3) is 0 Å². The fourth-order valence-corrected chi connectivity index (χ4v) is 6.93. The summed E-state index contributed by atoms with van der Waals surface area (Å²) < 4.78 is 12.6. The number of aliphatic hydroxyl groups is 1. The van der Waals surface area contributed by atoms with Crippen LogP contribution in [0.15, 0.2) is 36.4 Å². The lowest BCUT2D eigenvalue weighted by Gasteiger charge is -2.54. The molecule has 0 unspecified atom stereocenters. The van der Waals surface area contributed by atoms with Crippen molar-refractivity contribution in [2.45, 2.75) is 70.7 Å². The largest absolute Gasteiger partial charge is 0.457 e. The van der Waals surface area contributed by atoms with Crippen LogP contribution in [0.25, 0.3) is 6.08 Å². The molecule has 32 heavy (non-hydrogen) atoms. The summed E-state index contributed by atoms with van der Waals surface area (Å²) in [5.74, 6) is 0.826. The van der Waals surface area contributed by atoms with Gasteiger partial charge in [0.15, 0.2) is 5.78 Å². The van der Waals surface area contributed by atoms with E-state index in [1.54, 1.807) is 6.08 Å². The van der Waals surface area contributed by atoms with Crippen LogP contribution < -0.4 is 0 Å². The highest BCUT2D eigenvalue weighted by Crippen LogP contribution is 2.65. The summed E-state index contributed by atoms with van der Waals surface area (Å²) in [6.45, 7) is 8.04. The molecule has 0 aromatic heterocycles. The number of fused-ring (bicyclic) bond motifs is 4. The van der Waals surface area contributed by atoms with Crippen molar-refractivity contribution in [2.75, 3.05) is 6.61 Å². The molecule has 5 heteroatoms. The average Bonchev–Trinajstić information content (AvgIpc) is 3.28. The van der Waals surface area contributed by atoms with E-state index in [0.29, 0.717) is 24.7 Å². The number of benzene rings is 1. The first-order valence-corrected chi connectivity index (χ1v) is 12.0. The van der Waals surface area contributed by atoms with Crippen molar-refractivity contribution in [1.29, 1.82) is 0 Å². The third-order valence-electron chi connectivity index (χ3n) is 8.50. The zero-order chi connectivity index (χ0) is 23.1. The molecule has 1 N–H and O–H groups in total. The number of ether oxygens (including phenoxy) is 2. The Morgan fingerprint density at radius 2 is 1.97 bits per heavy atom. The van der Waals surface area contributed by atoms with Crippen molar-refractivity contribution < 1.29 is 24.2 Å². The predicted molar refractivity (Wildman–Crippen MR) is 123 cm³/mol. The lowest BCUT2D eigenvalue weighted by molar-refractivity contribution is -0.242. The van der Waals surface area contributed by atoms with Crippen LogP contribution in [0.5, 0.6) is 0 Å². The first kappa shape index (κ1) is 23.2. The third-order valence-corrected chi connectivity index (χ3v) is 8.50. The molecule has 1 saturated carbocycles. The maximum absolute atomic E-state index is 13.1. The molecule has 2 aliphatic heterocycles. The van der Waals surface area contributed by atoms with Crippen LogP contribution in [0.4, 0.5) is 0 Å². The fraction of sp³-hybridized carbons (Fsp3) is 0.630. The van der Waals surface area contributed by atoms with Crippen LogP contribution in [-0.2, 0) is 19.1 Å². The number of aliphatic hydroxyl groups excluding tert-OH is 1. The fourth-order valence-electron chi connectivity index (χ4n) is 6.93. The van der Waals surface area contributed by atoms with Crippen molar-refractivity contribution in [3.63, 3.8) is 0 Å². The standard InChI is InChI=1S/C27H36O5/c1-17(2)27-15-23(31-24(30)16-28)26(4,32-27)21-13-10-18(3)25(21)22(27)14-20(29)12-11-19-8-6-5-7-9-19/h5-9,11-12,17-18,21-23,25,28H,10,13-16H2,1-4H3/b12-11+/t18-,21-,22+,23-,25-,26+,27-/m1/s1. The van der Waals surface area contributed by atoms with Gasteiger partial charge in [-0.25, -0.2) is 4.79 Å². The molecule has 2 heterocycles.